The first-order valence-electron chi connectivity index (χ1n) is 6.50. The van der Waals surface area contributed by atoms with Crippen LogP contribution in [0.15, 0.2) is 28.7 Å². The van der Waals surface area contributed by atoms with Gasteiger partial charge in [0.2, 0.25) is 5.91 Å². The summed E-state index contributed by atoms with van der Waals surface area (Å²) in [6.07, 6.45) is 0.988. The Morgan fingerprint density at radius 1 is 1.33 bits per heavy atom. The van der Waals surface area contributed by atoms with Gasteiger partial charge in [-0.2, -0.15) is 0 Å². The molecule has 0 spiro atoms. The van der Waals surface area contributed by atoms with Gasteiger partial charge in [0.1, 0.15) is 6.04 Å². The summed E-state index contributed by atoms with van der Waals surface area (Å²) in [7, 11) is 0. The van der Waals surface area contributed by atoms with Crippen LogP contribution in [0.4, 0.5) is 0 Å². The minimum Gasteiger partial charge on any atom is -0.480 e. The minimum atomic E-state index is -1.08. The van der Waals surface area contributed by atoms with Crippen molar-refractivity contribution < 1.29 is 19.5 Å². The third-order valence-corrected chi connectivity index (χ3v) is 3.20. The van der Waals surface area contributed by atoms with E-state index in [0.717, 1.165) is 4.47 Å². The Morgan fingerprint density at radius 2 is 2.05 bits per heavy atom. The third-order valence-electron chi connectivity index (χ3n) is 2.71. The molecule has 0 heterocycles. The van der Waals surface area contributed by atoms with Crippen molar-refractivity contribution in [1.82, 2.24) is 10.6 Å². The minimum absolute atomic E-state index is 0.265. The molecule has 1 aromatic rings. The molecule has 7 heteroatoms. The number of hydrogen-bond acceptors (Lipinski definition) is 3. The van der Waals surface area contributed by atoms with Crippen LogP contribution in [0.2, 0.25) is 0 Å². The Labute approximate surface area is 131 Å². The number of carboxylic acids is 1. The van der Waals surface area contributed by atoms with Crippen LogP contribution >= 0.6 is 15.9 Å². The van der Waals surface area contributed by atoms with Gasteiger partial charge in [0.25, 0.3) is 5.91 Å². The second-order valence-electron chi connectivity index (χ2n) is 4.44. The second kappa shape index (κ2) is 8.41. The van der Waals surface area contributed by atoms with Gasteiger partial charge in [-0.15, -0.1) is 0 Å². The van der Waals surface area contributed by atoms with Gasteiger partial charge in [-0.1, -0.05) is 35.3 Å². The van der Waals surface area contributed by atoms with Gasteiger partial charge in [0, 0.05) is 10.0 Å². The van der Waals surface area contributed by atoms with Gasteiger partial charge in [-0.25, -0.2) is 4.79 Å². The summed E-state index contributed by atoms with van der Waals surface area (Å²) >= 11 is 3.25. The molecule has 2 amide bonds. The molecule has 0 aliphatic rings. The van der Waals surface area contributed by atoms with Gasteiger partial charge < -0.3 is 15.7 Å². The lowest BCUT2D eigenvalue weighted by Crippen LogP contribution is -2.45. The summed E-state index contributed by atoms with van der Waals surface area (Å²) in [5.74, 6) is -2.00. The molecule has 0 aliphatic heterocycles. The van der Waals surface area contributed by atoms with Crippen LogP contribution in [0.25, 0.3) is 0 Å². The van der Waals surface area contributed by atoms with Crippen LogP contribution in [0, 0.1) is 0 Å². The summed E-state index contributed by atoms with van der Waals surface area (Å²) in [6.45, 7) is 1.57. The van der Waals surface area contributed by atoms with E-state index in [0.29, 0.717) is 18.4 Å². The lowest BCUT2D eigenvalue weighted by molar-refractivity contribution is -0.141. The van der Waals surface area contributed by atoms with E-state index in [1.165, 1.54) is 0 Å². The van der Waals surface area contributed by atoms with Gasteiger partial charge in [-0.05, 0) is 24.6 Å². The van der Waals surface area contributed by atoms with Crippen LogP contribution < -0.4 is 10.6 Å². The van der Waals surface area contributed by atoms with Gasteiger partial charge in [-0.3, -0.25) is 9.59 Å². The third kappa shape index (κ3) is 5.95. The number of rotatable bonds is 7. The summed E-state index contributed by atoms with van der Waals surface area (Å²) in [4.78, 5) is 34.4. The SMILES string of the molecule is CCC[C@H](NC(=O)CNC(=O)c1cccc(Br)c1)C(=O)O. The highest BCUT2D eigenvalue weighted by Gasteiger charge is 2.19. The van der Waals surface area contributed by atoms with Crippen LogP contribution in [-0.4, -0.2) is 35.5 Å². The molecule has 1 atom stereocenters. The predicted octanol–water partition coefficient (Wildman–Crippen LogP) is 1.55. The lowest BCUT2D eigenvalue weighted by Gasteiger charge is -2.13. The second-order valence-corrected chi connectivity index (χ2v) is 5.36. The highest BCUT2D eigenvalue weighted by molar-refractivity contribution is 9.10. The van der Waals surface area contributed by atoms with Gasteiger partial charge in [0.15, 0.2) is 0 Å². The molecule has 21 heavy (non-hydrogen) atoms. The number of benzene rings is 1. The van der Waals surface area contributed by atoms with Crippen molar-refractivity contribution in [3.63, 3.8) is 0 Å². The summed E-state index contributed by atoms with van der Waals surface area (Å²) in [5.41, 5.74) is 0.417. The molecule has 0 saturated heterocycles. The zero-order chi connectivity index (χ0) is 15.8. The Bertz CT molecular complexity index is 533. The van der Waals surface area contributed by atoms with Crippen molar-refractivity contribution in [1.29, 1.82) is 0 Å². The molecule has 0 radical (unpaired) electrons. The molecule has 0 unspecified atom stereocenters. The first-order chi connectivity index (χ1) is 9.93. The summed E-state index contributed by atoms with van der Waals surface area (Å²) in [6, 6.07) is 5.82. The van der Waals surface area contributed by atoms with Crippen LogP contribution in [0.1, 0.15) is 30.1 Å². The summed E-state index contributed by atoms with van der Waals surface area (Å²) < 4.78 is 0.758. The molecular weight excluding hydrogens is 340 g/mol. The first kappa shape index (κ1) is 17.2. The van der Waals surface area contributed by atoms with E-state index in [4.69, 9.17) is 5.11 Å². The average molecular weight is 357 g/mol. The van der Waals surface area contributed by atoms with Gasteiger partial charge in [0.05, 0.1) is 6.54 Å². The fourth-order valence-corrected chi connectivity index (χ4v) is 2.08. The van der Waals surface area contributed by atoms with Gasteiger partial charge >= 0.3 is 5.97 Å². The molecule has 114 valence electrons. The Hall–Kier alpha value is -1.89. The van der Waals surface area contributed by atoms with Crippen molar-refractivity contribution in [2.24, 2.45) is 0 Å². The maximum absolute atomic E-state index is 11.8. The average Bonchev–Trinajstić information content (AvgIpc) is 2.44. The molecule has 1 rings (SSSR count). The number of carbonyl (C=O) groups is 3. The molecule has 0 fully saturated rings. The molecule has 3 N–H and O–H groups in total. The van der Waals surface area contributed by atoms with E-state index in [1.807, 2.05) is 6.92 Å². The number of halogens is 1. The monoisotopic (exact) mass is 356 g/mol. The molecule has 0 saturated carbocycles. The number of aliphatic carboxylic acids is 1. The fraction of sp³-hybridized carbons (Fsp3) is 0.357. The Balaban J connectivity index is 2.49. The number of amides is 2. The molecular formula is C14H17BrN2O4. The van der Waals surface area contributed by atoms with E-state index in [2.05, 4.69) is 26.6 Å². The predicted molar refractivity (Wildman–Crippen MR) is 80.9 cm³/mol. The zero-order valence-electron chi connectivity index (χ0n) is 11.6. The Morgan fingerprint density at radius 3 is 2.62 bits per heavy atom. The summed E-state index contributed by atoms with van der Waals surface area (Å²) in [5, 5.41) is 13.8. The normalized spacial score (nSPS) is 11.5. The van der Waals surface area contributed by atoms with Crippen molar-refractivity contribution in [3.8, 4) is 0 Å². The number of carboxylic acid groups (broad SMARTS) is 1. The van der Waals surface area contributed by atoms with E-state index >= 15 is 0 Å². The molecule has 0 aromatic heterocycles. The zero-order valence-corrected chi connectivity index (χ0v) is 13.1. The maximum Gasteiger partial charge on any atom is 0.326 e. The first-order valence-corrected chi connectivity index (χ1v) is 7.29. The van der Waals surface area contributed by atoms with E-state index in [9.17, 15) is 14.4 Å². The largest absolute Gasteiger partial charge is 0.480 e. The molecule has 0 aliphatic carbocycles. The van der Waals surface area contributed by atoms with E-state index in [1.54, 1.807) is 24.3 Å². The molecule has 6 nitrogen and oxygen atoms in total. The number of hydrogen-bond donors (Lipinski definition) is 3. The highest BCUT2D eigenvalue weighted by Crippen LogP contribution is 2.11. The smallest absolute Gasteiger partial charge is 0.326 e. The van der Waals surface area contributed by atoms with Crippen LogP contribution in [0.5, 0.6) is 0 Å². The quantitative estimate of drug-likeness (QED) is 0.690. The van der Waals surface area contributed by atoms with Crippen molar-refractivity contribution in [2.45, 2.75) is 25.8 Å². The number of carbonyl (C=O) groups excluding carboxylic acids is 2. The van der Waals surface area contributed by atoms with Crippen molar-refractivity contribution in [3.05, 3.63) is 34.3 Å². The number of nitrogens with one attached hydrogen (secondary N) is 2. The van der Waals surface area contributed by atoms with Crippen LogP contribution in [0.3, 0.4) is 0 Å². The van der Waals surface area contributed by atoms with Crippen LogP contribution in [-0.2, 0) is 9.59 Å². The van der Waals surface area contributed by atoms with E-state index in [-0.39, 0.29) is 6.54 Å². The lowest BCUT2D eigenvalue weighted by atomic mass is 10.1. The topological polar surface area (TPSA) is 95.5 Å². The van der Waals surface area contributed by atoms with Crippen molar-refractivity contribution in [2.75, 3.05) is 6.54 Å². The highest BCUT2D eigenvalue weighted by atomic mass is 79.9. The van der Waals surface area contributed by atoms with E-state index < -0.39 is 23.8 Å². The molecule has 1 aromatic carbocycles. The molecule has 0 bridgehead atoms. The van der Waals surface area contributed by atoms with Crippen molar-refractivity contribution >= 4 is 33.7 Å². The fourth-order valence-electron chi connectivity index (χ4n) is 1.68. The Kier molecular flexibility index (Phi) is 6.87. The maximum atomic E-state index is 11.8. The standard InChI is InChI=1S/C14H17BrN2O4/c1-2-4-11(14(20)21)17-12(18)8-16-13(19)9-5-3-6-10(15)7-9/h3,5-7,11H,2,4,8H2,1H3,(H,16,19)(H,17,18)(H,20,21)/t11-/m0/s1.